The molecule has 118 valence electrons. The van der Waals surface area contributed by atoms with E-state index in [1.54, 1.807) is 13.1 Å². The Kier molecular flexibility index (Phi) is 6.39. The van der Waals surface area contributed by atoms with Crippen LogP contribution in [0.3, 0.4) is 0 Å². The SMILES string of the molecule is CCc1c(C(=O)NCC(C)CC(=O)O)cnn1CC(C)C. The first-order valence-electron chi connectivity index (χ1n) is 7.39. The van der Waals surface area contributed by atoms with Gasteiger partial charge >= 0.3 is 5.97 Å². The molecular weight excluding hydrogens is 270 g/mol. The Morgan fingerprint density at radius 1 is 1.38 bits per heavy atom. The fourth-order valence-electron chi connectivity index (χ4n) is 2.21. The average Bonchev–Trinajstić information content (AvgIpc) is 2.77. The van der Waals surface area contributed by atoms with Crippen LogP contribution in [-0.4, -0.2) is 33.3 Å². The van der Waals surface area contributed by atoms with Crippen molar-refractivity contribution < 1.29 is 14.7 Å². The molecule has 0 fully saturated rings. The maximum absolute atomic E-state index is 12.2. The topological polar surface area (TPSA) is 84.2 Å². The third kappa shape index (κ3) is 5.21. The summed E-state index contributed by atoms with van der Waals surface area (Å²) < 4.78 is 1.88. The van der Waals surface area contributed by atoms with Crippen LogP contribution in [0.1, 0.15) is 50.2 Å². The lowest BCUT2D eigenvalue weighted by Crippen LogP contribution is -2.29. The lowest BCUT2D eigenvalue weighted by atomic mass is 10.1. The molecule has 0 radical (unpaired) electrons. The number of carboxylic acid groups (broad SMARTS) is 1. The summed E-state index contributed by atoms with van der Waals surface area (Å²) in [6.07, 6.45) is 2.38. The second kappa shape index (κ2) is 7.81. The molecule has 6 heteroatoms. The van der Waals surface area contributed by atoms with Gasteiger partial charge in [-0.15, -0.1) is 0 Å². The summed E-state index contributed by atoms with van der Waals surface area (Å²) in [5.74, 6) is -0.668. The molecule has 0 aliphatic carbocycles. The van der Waals surface area contributed by atoms with E-state index in [1.807, 2.05) is 11.6 Å². The smallest absolute Gasteiger partial charge is 0.303 e. The van der Waals surface area contributed by atoms with Gasteiger partial charge in [0.15, 0.2) is 0 Å². The van der Waals surface area contributed by atoms with Crippen LogP contribution in [0, 0.1) is 11.8 Å². The van der Waals surface area contributed by atoms with Crippen molar-refractivity contribution in [3.8, 4) is 0 Å². The van der Waals surface area contributed by atoms with E-state index in [9.17, 15) is 9.59 Å². The Hall–Kier alpha value is -1.85. The van der Waals surface area contributed by atoms with E-state index >= 15 is 0 Å². The Morgan fingerprint density at radius 3 is 2.57 bits per heavy atom. The van der Waals surface area contributed by atoms with Crippen molar-refractivity contribution in [2.75, 3.05) is 6.54 Å². The molecule has 1 unspecified atom stereocenters. The van der Waals surface area contributed by atoms with Gasteiger partial charge in [-0.3, -0.25) is 14.3 Å². The molecule has 0 aliphatic rings. The van der Waals surface area contributed by atoms with Crippen molar-refractivity contribution in [3.05, 3.63) is 17.5 Å². The molecule has 0 spiro atoms. The normalized spacial score (nSPS) is 12.4. The monoisotopic (exact) mass is 295 g/mol. The molecular formula is C15H25N3O3. The molecule has 2 N–H and O–H groups in total. The van der Waals surface area contributed by atoms with Crippen LogP contribution in [-0.2, 0) is 17.8 Å². The number of carbonyl (C=O) groups is 2. The third-order valence-electron chi connectivity index (χ3n) is 3.20. The number of hydrogen-bond acceptors (Lipinski definition) is 3. The van der Waals surface area contributed by atoms with Gasteiger partial charge < -0.3 is 10.4 Å². The fraction of sp³-hybridized carbons (Fsp3) is 0.667. The molecule has 0 saturated carbocycles. The van der Waals surface area contributed by atoms with Crippen LogP contribution in [0.25, 0.3) is 0 Å². The maximum Gasteiger partial charge on any atom is 0.303 e. The number of aromatic nitrogens is 2. The molecule has 0 saturated heterocycles. The highest BCUT2D eigenvalue weighted by atomic mass is 16.4. The van der Waals surface area contributed by atoms with Crippen molar-refractivity contribution >= 4 is 11.9 Å². The molecule has 1 amide bonds. The summed E-state index contributed by atoms with van der Waals surface area (Å²) in [5.41, 5.74) is 1.51. The highest BCUT2D eigenvalue weighted by molar-refractivity contribution is 5.95. The third-order valence-corrected chi connectivity index (χ3v) is 3.20. The zero-order chi connectivity index (χ0) is 16.0. The van der Waals surface area contributed by atoms with E-state index in [4.69, 9.17) is 5.11 Å². The van der Waals surface area contributed by atoms with Crippen LogP contribution < -0.4 is 5.32 Å². The van der Waals surface area contributed by atoms with Gasteiger partial charge in [0.25, 0.3) is 5.91 Å². The van der Waals surface area contributed by atoms with Crippen molar-refractivity contribution in [2.24, 2.45) is 11.8 Å². The number of nitrogens with zero attached hydrogens (tertiary/aromatic N) is 2. The molecule has 1 heterocycles. The van der Waals surface area contributed by atoms with Gasteiger partial charge in [-0.25, -0.2) is 0 Å². The minimum atomic E-state index is -0.851. The molecule has 21 heavy (non-hydrogen) atoms. The summed E-state index contributed by atoms with van der Waals surface area (Å²) >= 11 is 0. The standard InChI is InChI=1S/C15H25N3O3/c1-5-13-12(8-17-18(13)9-10(2)3)15(21)16-7-11(4)6-14(19)20/h8,10-11H,5-7,9H2,1-4H3,(H,16,21)(H,19,20). The highest BCUT2D eigenvalue weighted by Crippen LogP contribution is 2.12. The van der Waals surface area contributed by atoms with Crippen molar-refractivity contribution in [1.82, 2.24) is 15.1 Å². The zero-order valence-electron chi connectivity index (χ0n) is 13.2. The Bertz CT molecular complexity index is 494. The van der Waals surface area contributed by atoms with Gasteiger partial charge in [-0.05, 0) is 18.3 Å². The number of rotatable bonds is 8. The molecule has 0 aromatic carbocycles. The van der Waals surface area contributed by atoms with Gasteiger partial charge in [-0.1, -0.05) is 27.7 Å². The van der Waals surface area contributed by atoms with E-state index in [2.05, 4.69) is 24.3 Å². The van der Waals surface area contributed by atoms with Crippen LogP contribution in [0.15, 0.2) is 6.20 Å². The largest absolute Gasteiger partial charge is 0.481 e. The van der Waals surface area contributed by atoms with Crippen LogP contribution >= 0.6 is 0 Å². The fourth-order valence-corrected chi connectivity index (χ4v) is 2.21. The summed E-state index contributed by atoms with van der Waals surface area (Å²) in [5, 5.41) is 15.8. The lowest BCUT2D eigenvalue weighted by molar-refractivity contribution is -0.137. The second-order valence-corrected chi connectivity index (χ2v) is 5.85. The molecule has 0 aliphatic heterocycles. The van der Waals surface area contributed by atoms with E-state index in [0.29, 0.717) is 18.0 Å². The Labute approximate surface area is 125 Å². The van der Waals surface area contributed by atoms with E-state index in [-0.39, 0.29) is 18.2 Å². The minimum Gasteiger partial charge on any atom is -0.481 e. The summed E-state index contributed by atoms with van der Waals surface area (Å²) in [6, 6.07) is 0. The minimum absolute atomic E-state index is 0.0491. The quantitative estimate of drug-likeness (QED) is 0.767. The maximum atomic E-state index is 12.2. The lowest BCUT2D eigenvalue weighted by Gasteiger charge is -2.12. The summed E-state index contributed by atoms with van der Waals surface area (Å²) in [7, 11) is 0. The molecule has 1 aromatic heterocycles. The van der Waals surface area contributed by atoms with E-state index in [0.717, 1.165) is 18.7 Å². The van der Waals surface area contributed by atoms with Crippen LogP contribution in [0.4, 0.5) is 0 Å². The first-order chi connectivity index (χ1) is 9.85. The number of amides is 1. The van der Waals surface area contributed by atoms with E-state index < -0.39 is 5.97 Å². The van der Waals surface area contributed by atoms with Gasteiger partial charge in [0.1, 0.15) is 0 Å². The zero-order valence-corrected chi connectivity index (χ0v) is 13.2. The van der Waals surface area contributed by atoms with E-state index in [1.165, 1.54) is 0 Å². The molecule has 1 rings (SSSR count). The second-order valence-electron chi connectivity index (χ2n) is 5.85. The number of hydrogen-bond donors (Lipinski definition) is 2. The van der Waals surface area contributed by atoms with Gasteiger partial charge in [0.2, 0.25) is 0 Å². The highest BCUT2D eigenvalue weighted by Gasteiger charge is 2.17. The molecule has 1 aromatic rings. The first kappa shape index (κ1) is 17.2. The van der Waals surface area contributed by atoms with Crippen molar-refractivity contribution in [2.45, 2.75) is 47.1 Å². The molecule has 6 nitrogen and oxygen atoms in total. The van der Waals surface area contributed by atoms with Crippen LogP contribution in [0.2, 0.25) is 0 Å². The van der Waals surface area contributed by atoms with Gasteiger partial charge in [0.05, 0.1) is 17.5 Å². The van der Waals surface area contributed by atoms with Crippen molar-refractivity contribution in [3.63, 3.8) is 0 Å². The Morgan fingerprint density at radius 2 is 2.05 bits per heavy atom. The number of carbonyl (C=O) groups excluding carboxylic acids is 1. The summed E-state index contributed by atoms with van der Waals surface area (Å²) in [6.45, 7) is 9.15. The predicted octanol–water partition coefficient (Wildman–Crippen LogP) is 1.94. The number of aliphatic carboxylic acids is 1. The molecule has 0 bridgehead atoms. The number of nitrogens with one attached hydrogen (secondary N) is 1. The van der Waals surface area contributed by atoms with Gasteiger partial charge in [-0.2, -0.15) is 5.10 Å². The first-order valence-corrected chi connectivity index (χ1v) is 7.39. The average molecular weight is 295 g/mol. The molecule has 1 atom stereocenters. The van der Waals surface area contributed by atoms with Crippen LogP contribution in [0.5, 0.6) is 0 Å². The number of carboxylic acids is 1. The Balaban J connectivity index is 2.70. The predicted molar refractivity (Wildman–Crippen MR) is 80.2 cm³/mol. The van der Waals surface area contributed by atoms with Crippen molar-refractivity contribution in [1.29, 1.82) is 0 Å². The summed E-state index contributed by atoms with van der Waals surface area (Å²) in [4.78, 5) is 22.8. The van der Waals surface area contributed by atoms with Gasteiger partial charge in [0, 0.05) is 19.5 Å².